The molecule has 0 saturated heterocycles. The molecular weight excluding hydrogens is 323 g/mol. The first-order valence-corrected chi connectivity index (χ1v) is 14.7. The zero-order valence-electron chi connectivity index (χ0n) is 8.25. The molecule has 0 heterocycles. The summed E-state index contributed by atoms with van der Waals surface area (Å²) in [6.07, 6.45) is 2.59. The maximum atomic E-state index is 5.26. The molecule has 13 heavy (non-hydrogen) atoms. The van der Waals surface area contributed by atoms with Crippen LogP contribution in [-0.4, -0.2) is 21.1 Å². The SMILES string of the molecule is C=C.C=C.CCC[CH2][Sn](=[S])[S]C=S. The standard InChI is InChI=1S/C4H9.2C2H4.CH2S2.S.Sn/c1-3-4-2;2*1-2;2-1-3;;/h1,3-4H2,2H3;2*1-2H2;1H,(H,2,3);;/q;;;;;+1/p-1. The zero-order valence-corrected chi connectivity index (χ0v) is 13.6. The van der Waals surface area contributed by atoms with Crippen molar-refractivity contribution >= 4 is 51.6 Å². The fourth-order valence-electron chi connectivity index (χ4n) is 0.434. The molecule has 0 aliphatic heterocycles. The van der Waals surface area contributed by atoms with Crippen molar-refractivity contribution in [1.29, 1.82) is 0 Å². The summed E-state index contributed by atoms with van der Waals surface area (Å²) in [4.78, 5) is 0. The van der Waals surface area contributed by atoms with Gasteiger partial charge in [-0.05, 0) is 0 Å². The second kappa shape index (κ2) is 23.1. The van der Waals surface area contributed by atoms with Gasteiger partial charge in [0.25, 0.3) is 0 Å². The second-order valence-corrected chi connectivity index (χ2v) is 16.6. The van der Waals surface area contributed by atoms with E-state index in [-0.39, 0.29) is 0 Å². The second-order valence-electron chi connectivity index (χ2n) is 1.69. The van der Waals surface area contributed by atoms with Crippen LogP contribution in [-0.2, 0) is 0 Å². The van der Waals surface area contributed by atoms with Gasteiger partial charge in [-0.2, -0.15) is 0 Å². The van der Waals surface area contributed by atoms with E-state index in [0.29, 0.717) is 0 Å². The molecule has 0 aliphatic rings. The van der Waals surface area contributed by atoms with E-state index in [1.807, 2.05) is 0 Å². The first-order chi connectivity index (χ1) is 6.31. The molecule has 0 atom stereocenters. The van der Waals surface area contributed by atoms with Gasteiger partial charge in [0.2, 0.25) is 0 Å². The summed E-state index contributed by atoms with van der Waals surface area (Å²) < 4.78 is 3.06. The predicted octanol–water partition coefficient (Wildman–Crippen LogP) is 4.77. The molecule has 0 saturated carbocycles. The Hall–Kier alpha value is 0.939. The molecule has 0 aromatic rings. The van der Waals surface area contributed by atoms with E-state index in [4.69, 9.17) is 21.5 Å². The number of thiocarbonyl (C=S) groups is 1. The first kappa shape index (κ1) is 19.5. The van der Waals surface area contributed by atoms with Crippen molar-refractivity contribution in [2.45, 2.75) is 24.2 Å². The third kappa shape index (κ3) is 24.6. The number of hydrogen-bond donors (Lipinski definition) is 0. The Labute approximate surface area is 101 Å². The van der Waals surface area contributed by atoms with Gasteiger partial charge in [-0.15, -0.1) is 26.3 Å². The fourth-order valence-corrected chi connectivity index (χ4v) is 10.9. The molecule has 0 amide bonds. The van der Waals surface area contributed by atoms with Crippen molar-refractivity contribution in [3.63, 3.8) is 0 Å². The fraction of sp³-hybridized carbons (Fsp3) is 0.444. The van der Waals surface area contributed by atoms with Crippen molar-refractivity contribution in [3.05, 3.63) is 26.3 Å². The Morgan fingerprint density at radius 3 is 2.08 bits per heavy atom. The van der Waals surface area contributed by atoms with E-state index in [1.54, 1.807) is 13.6 Å². The van der Waals surface area contributed by atoms with Crippen LogP contribution >= 0.6 is 30.5 Å². The van der Waals surface area contributed by atoms with Gasteiger partial charge < -0.3 is 0 Å². The topological polar surface area (TPSA) is 0 Å². The molecule has 0 spiro atoms. The zero-order chi connectivity index (χ0) is 11.1. The van der Waals surface area contributed by atoms with Gasteiger partial charge >= 0.3 is 75.8 Å². The van der Waals surface area contributed by atoms with E-state index in [1.165, 1.54) is 17.3 Å². The van der Waals surface area contributed by atoms with Gasteiger partial charge in [-0.25, -0.2) is 0 Å². The quantitative estimate of drug-likeness (QED) is 0.402. The predicted molar refractivity (Wildman–Crippen MR) is 76.8 cm³/mol. The van der Waals surface area contributed by atoms with Crippen molar-refractivity contribution in [2.75, 3.05) is 0 Å². The van der Waals surface area contributed by atoms with Gasteiger partial charge in [-0.1, -0.05) is 0 Å². The molecule has 0 bridgehead atoms. The van der Waals surface area contributed by atoms with Crippen molar-refractivity contribution in [1.82, 2.24) is 0 Å². The third-order valence-corrected chi connectivity index (χ3v) is 13.1. The molecule has 0 aromatic carbocycles. The van der Waals surface area contributed by atoms with Crippen LogP contribution < -0.4 is 0 Å². The Morgan fingerprint density at radius 2 is 1.77 bits per heavy atom. The van der Waals surface area contributed by atoms with Crippen LogP contribution in [0, 0.1) is 0 Å². The molecule has 4 heteroatoms. The normalized spacial score (nSPS) is 6.85. The molecular formula is C9H18S3Sn. The molecule has 0 N–H and O–H groups in total. The van der Waals surface area contributed by atoms with Crippen LogP contribution in [0.2, 0.25) is 4.44 Å². The van der Waals surface area contributed by atoms with Crippen molar-refractivity contribution < 1.29 is 0 Å². The third-order valence-electron chi connectivity index (χ3n) is 0.914. The van der Waals surface area contributed by atoms with Gasteiger partial charge in [0.15, 0.2) is 0 Å². The minimum atomic E-state index is -1.37. The van der Waals surface area contributed by atoms with Crippen LogP contribution in [0.15, 0.2) is 26.3 Å². The summed E-state index contributed by atoms with van der Waals surface area (Å²) >= 11 is 3.33. The molecule has 76 valence electrons. The summed E-state index contributed by atoms with van der Waals surface area (Å²) in [6.45, 7) is 14.2. The van der Waals surface area contributed by atoms with Crippen LogP contribution in [0.4, 0.5) is 0 Å². The molecule has 0 aromatic heterocycles. The Morgan fingerprint density at radius 1 is 1.31 bits per heavy atom. The summed E-state index contributed by atoms with van der Waals surface area (Å²) in [6, 6.07) is 0. The molecule has 0 aliphatic carbocycles. The van der Waals surface area contributed by atoms with Gasteiger partial charge in [0.05, 0.1) is 0 Å². The van der Waals surface area contributed by atoms with Gasteiger partial charge in [0.1, 0.15) is 0 Å². The first-order valence-electron chi connectivity index (χ1n) is 3.94. The van der Waals surface area contributed by atoms with E-state index in [2.05, 4.69) is 33.2 Å². The van der Waals surface area contributed by atoms with Gasteiger partial charge in [-0.3, -0.25) is 0 Å². The summed E-state index contributed by atoms with van der Waals surface area (Å²) in [5.41, 5.74) is 0. The van der Waals surface area contributed by atoms with E-state index < -0.39 is 16.4 Å². The van der Waals surface area contributed by atoms with Gasteiger partial charge in [0, 0.05) is 0 Å². The summed E-state index contributed by atoms with van der Waals surface area (Å²) in [5.74, 6) is 0. The van der Waals surface area contributed by atoms with E-state index in [9.17, 15) is 0 Å². The van der Waals surface area contributed by atoms with Crippen molar-refractivity contribution in [3.8, 4) is 0 Å². The number of unbranched alkanes of at least 4 members (excludes halogenated alkanes) is 1. The van der Waals surface area contributed by atoms with E-state index >= 15 is 0 Å². The van der Waals surface area contributed by atoms with Crippen LogP contribution in [0.25, 0.3) is 0 Å². The number of rotatable bonds is 5. The number of hydrogen-bond acceptors (Lipinski definition) is 3. The molecule has 0 unspecified atom stereocenters. The van der Waals surface area contributed by atoms with Crippen LogP contribution in [0.3, 0.4) is 0 Å². The molecule has 0 radical (unpaired) electrons. The maximum absolute atomic E-state index is 5.26. The minimum absolute atomic E-state index is 1.28. The summed E-state index contributed by atoms with van der Waals surface area (Å²) in [5, 5.41) is 0. The molecule has 0 fully saturated rings. The Bertz CT molecular complexity index is 124. The monoisotopic (exact) mass is 342 g/mol. The molecule has 0 rings (SSSR count). The molecule has 0 nitrogen and oxygen atoms in total. The average molecular weight is 341 g/mol. The van der Waals surface area contributed by atoms with Crippen LogP contribution in [0.1, 0.15) is 19.8 Å². The van der Waals surface area contributed by atoms with E-state index in [0.717, 1.165) is 0 Å². The Kier molecular flexibility index (Phi) is 34.6. The van der Waals surface area contributed by atoms with Crippen LogP contribution in [0.5, 0.6) is 0 Å². The Balaban J connectivity index is -0.000000218. The average Bonchev–Trinajstić information content (AvgIpc) is 2.21. The summed E-state index contributed by atoms with van der Waals surface area (Å²) in [7, 11) is 7.04. The van der Waals surface area contributed by atoms with Crippen molar-refractivity contribution in [2.24, 2.45) is 0 Å².